The summed E-state index contributed by atoms with van der Waals surface area (Å²) < 4.78 is 14.9. The second-order valence-electron chi connectivity index (χ2n) is 7.73. The molecule has 0 saturated carbocycles. The molecule has 0 fully saturated rings. The third kappa shape index (κ3) is 26.5. The maximum Gasteiger partial charge on any atom is 0.293 e. The molecule has 0 aromatic carbocycles. The molecule has 0 amide bonds. The molecule has 0 saturated heterocycles. The number of allylic oxidation sites excluding steroid dienone is 2. The maximum absolute atomic E-state index is 9.60. The fourth-order valence-electron chi connectivity index (χ4n) is 2.23. The van der Waals surface area contributed by atoms with Gasteiger partial charge in [-0.15, -0.1) is 0 Å². The number of carbonyl (C=O) groups excluding carboxylic acids is 1. The largest absolute Gasteiger partial charge is 0.502 e. The van der Waals surface area contributed by atoms with Gasteiger partial charge in [-0.05, 0) is 46.7 Å². The summed E-state index contributed by atoms with van der Waals surface area (Å²) in [5.74, 6) is 1.80. The molecule has 1 atom stereocenters. The van der Waals surface area contributed by atoms with Gasteiger partial charge in [0.2, 0.25) is 0 Å². The highest BCUT2D eigenvalue weighted by atomic mass is 16.5. The minimum absolute atomic E-state index is 0.238. The van der Waals surface area contributed by atoms with E-state index < -0.39 is 0 Å². The Balaban J connectivity index is -0.000000402. The minimum atomic E-state index is -0.318. The van der Waals surface area contributed by atoms with Crippen molar-refractivity contribution in [2.45, 2.75) is 105 Å². The summed E-state index contributed by atoms with van der Waals surface area (Å²) in [6.45, 7) is 16.3. The lowest BCUT2D eigenvalue weighted by Gasteiger charge is -2.19. The van der Waals surface area contributed by atoms with Gasteiger partial charge in [0, 0.05) is 6.42 Å². The van der Waals surface area contributed by atoms with E-state index >= 15 is 0 Å². The topological polar surface area (TPSA) is 56.8 Å². The summed E-state index contributed by atoms with van der Waals surface area (Å²) in [4.78, 5) is 9.60. The number of carbonyl (C=O) groups is 1. The SMILES string of the molecule is C=C(CCC(NC)/C(=C\CC)OC)OC.CC(C)(C)OC=O.CCCCCCC. The molecule has 0 spiro atoms. The maximum atomic E-state index is 9.60. The summed E-state index contributed by atoms with van der Waals surface area (Å²) in [5, 5.41) is 3.23. The second kappa shape index (κ2) is 22.8. The first-order chi connectivity index (χ1) is 13.7. The van der Waals surface area contributed by atoms with Gasteiger partial charge in [0.05, 0.1) is 26.0 Å². The highest BCUT2D eigenvalue weighted by molar-refractivity contribution is 5.37. The van der Waals surface area contributed by atoms with Crippen LogP contribution in [-0.2, 0) is 19.0 Å². The summed E-state index contributed by atoms with van der Waals surface area (Å²) in [6.07, 6.45) is 11.9. The van der Waals surface area contributed by atoms with Gasteiger partial charge >= 0.3 is 0 Å². The van der Waals surface area contributed by atoms with Gasteiger partial charge in [-0.25, -0.2) is 0 Å². The molecule has 0 aromatic heterocycles. The van der Waals surface area contributed by atoms with Gasteiger partial charge in [-0.2, -0.15) is 0 Å². The van der Waals surface area contributed by atoms with Crippen molar-refractivity contribution in [3.63, 3.8) is 0 Å². The second-order valence-corrected chi connectivity index (χ2v) is 7.73. The molecule has 5 nitrogen and oxygen atoms in total. The predicted octanol–water partition coefficient (Wildman–Crippen LogP) is 6.39. The monoisotopic (exact) mass is 415 g/mol. The Hall–Kier alpha value is -1.49. The van der Waals surface area contributed by atoms with Crippen molar-refractivity contribution < 1.29 is 19.0 Å². The zero-order valence-corrected chi connectivity index (χ0v) is 20.7. The number of methoxy groups -OCH3 is 2. The van der Waals surface area contributed by atoms with E-state index in [2.05, 4.69) is 43.5 Å². The van der Waals surface area contributed by atoms with Crippen molar-refractivity contribution in [2.75, 3.05) is 21.3 Å². The lowest BCUT2D eigenvalue weighted by Crippen LogP contribution is -2.28. The van der Waals surface area contributed by atoms with E-state index in [0.29, 0.717) is 6.47 Å². The van der Waals surface area contributed by atoms with Crippen LogP contribution in [0.4, 0.5) is 0 Å². The molecule has 1 N–H and O–H groups in total. The smallest absolute Gasteiger partial charge is 0.293 e. The lowest BCUT2D eigenvalue weighted by atomic mass is 10.1. The summed E-state index contributed by atoms with van der Waals surface area (Å²) in [7, 11) is 5.29. The van der Waals surface area contributed by atoms with E-state index in [-0.39, 0.29) is 11.6 Å². The lowest BCUT2D eigenvalue weighted by molar-refractivity contribution is -0.138. The number of hydrogen-bond donors (Lipinski definition) is 1. The van der Waals surface area contributed by atoms with Crippen LogP contribution in [-0.4, -0.2) is 39.4 Å². The zero-order valence-electron chi connectivity index (χ0n) is 20.7. The standard InChI is InChI=1S/C12H23NO2.C7H16.C5H10O2/c1-6-7-12(15-5)11(13-3)9-8-10(2)14-4;1-3-5-7-6-4-2;1-5(2,3)7-4-6/h7,11,13H,2,6,8-9H2,1,3-5H3;3-7H2,1-2H3;4H,1-3H3/b12-7+;;. The van der Waals surface area contributed by atoms with Crippen LogP contribution < -0.4 is 5.32 Å². The molecule has 174 valence electrons. The number of ether oxygens (including phenoxy) is 3. The van der Waals surface area contributed by atoms with Crippen molar-refractivity contribution in [1.82, 2.24) is 5.32 Å². The molecular formula is C24H49NO4. The molecule has 1 unspecified atom stereocenters. The number of rotatable bonds is 13. The highest BCUT2D eigenvalue weighted by Gasteiger charge is 2.12. The van der Waals surface area contributed by atoms with E-state index in [9.17, 15) is 4.79 Å². The molecule has 0 aliphatic rings. The normalized spacial score (nSPS) is 11.8. The van der Waals surface area contributed by atoms with E-state index in [0.717, 1.165) is 30.8 Å². The van der Waals surface area contributed by atoms with Crippen molar-refractivity contribution in [3.8, 4) is 0 Å². The van der Waals surface area contributed by atoms with Crippen LogP contribution in [0, 0.1) is 0 Å². The number of unbranched alkanes of at least 4 members (excludes halogenated alkanes) is 4. The van der Waals surface area contributed by atoms with Crippen molar-refractivity contribution in [1.29, 1.82) is 0 Å². The molecule has 0 heterocycles. The Morgan fingerprint density at radius 1 is 1.03 bits per heavy atom. The molecule has 0 bridgehead atoms. The average Bonchev–Trinajstić information content (AvgIpc) is 2.67. The van der Waals surface area contributed by atoms with Gasteiger partial charge in [-0.3, -0.25) is 4.79 Å². The van der Waals surface area contributed by atoms with Crippen LogP contribution in [0.15, 0.2) is 24.2 Å². The Labute approximate surface area is 181 Å². The van der Waals surface area contributed by atoms with Gasteiger partial charge in [-0.1, -0.05) is 59.5 Å². The molecule has 5 heteroatoms. The first kappa shape index (κ1) is 32.2. The summed E-state index contributed by atoms with van der Waals surface area (Å²) in [5.41, 5.74) is -0.318. The van der Waals surface area contributed by atoms with E-state index in [1.165, 1.54) is 32.1 Å². The Morgan fingerprint density at radius 3 is 1.86 bits per heavy atom. The third-order valence-electron chi connectivity index (χ3n) is 3.94. The van der Waals surface area contributed by atoms with Crippen LogP contribution in [0.1, 0.15) is 92.9 Å². The van der Waals surface area contributed by atoms with E-state index in [4.69, 9.17) is 9.47 Å². The predicted molar refractivity (Wildman–Crippen MR) is 125 cm³/mol. The fraction of sp³-hybridized carbons (Fsp3) is 0.792. The Bertz CT molecular complexity index is 396. The van der Waals surface area contributed by atoms with Crippen molar-refractivity contribution in [2.24, 2.45) is 0 Å². The molecule has 0 radical (unpaired) electrons. The first-order valence-electron chi connectivity index (χ1n) is 10.9. The molecule has 0 aromatic rings. The zero-order chi connectivity index (χ0) is 23.1. The molecular weight excluding hydrogens is 366 g/mol. The van der Waals surface area contributed by atoms with Crippen LogP contribution in [0.25, 0.3) is 0 Å². The van der Waals surface area contributed by atoms with Crippen molar-refractivity contribution >= 4 is 6.47 Å². The number of hydrogen-bond acceptors (Lipinski definition) is 5. The molecule has 0 aliphatic heterocycles. The summed E-state index contributed by atoms with van der Waals surface area (Å²) in [6, 6.07) is 0.238. The average molecular weight is 416 g/mol. The van der Waals surface area contributed by atoms with E-state index in [1.54, 1.807) is 14.2 Å². The molecule has 0 rings (SSSR count). The quantitative estimate of drug-likeness (QED) is 0.214. The van der Waals surface area contributed by atoms with E-state index in [1.807, 2.05) is 27.8 Å². The van der Waals surface area contributed by atoms with Gasteiger partial charge in [0.15, 0.2) is 0 Å². The van der Waals surface area contributed by atoms with Gasteiger partial charge in [0.1, 0.15) is 11.4 Å². The number of nitrogens with one attached hydrogen (secondary N) is 1. The first-order valence-corrected chi connectivity index (χ1v) is 10.9. The van der Waals surface area contributed by atoms with Crippen LogP contribution in [0.5, 0.6) is 0 Å². The van der Waals surface area contributed by atoms with Crippen LogP contribution >= 0.6 is 0 Å². The van der Waals surface area contributed by atoms with Crippen LogP contribution in [0.3, 0.4) is 0 Å². The van der Waals surface area contributed by atoms with Gasteiger partial charge < -0.3 is 19.5 Å². The minimum Gasteiger partial charge on any atom is -0.502 e. The third-order valence-corrected chi connectivity index (χ3v) is 3.94. The van der Waals surface area contributed by atoms with Gasteiger partial charge in [0.25, 0.3) is 6.47 Å². The highest BCUT2D eigenvalue weighted by Crippen LogP contribution is 2.13. The summed E-state index contributed by atoms with van der Waals surface area (Å²) >= 11 is 0. The molecule has 0 aliphatic carbocycles. The Kier molecular flexibility index (Phi) is 25.3. The molecule has 29 heavy (non-hydrogen) atoms. The fourth-order valence-corrected chi connectivity index (χ4v) is 2.23. The Morgan fingerprint density at radius 2 is 1.59 bits per heavy atom. The number of likely N-dealkylation sites (N-methyl/N-ethyl adjacent to an activating group) is 1. The van der Waals surface area contributed by atoms with Crippen LogP contribution in [0.2, 0.25) is 0 Å². The van der Waals surface area contributed by atoms with Crippen molar-refractivity contribution in [3.05, 3.63) is 24.2 Å².